The Morgan fingerprint density at radius 1 is 1.45 bits per heavy atom. The molecule has 1 amide bonds. The van der Waals surface area contributed by atoms with E-state index in [1.54, 1.807) is 0 Å². The summed E-state index contributed by atoms with van der Waals surface area (Å²) in [6.07, 6.45) is 2.17. The van der Waals surface area contributed by atoms with E-state index in [0.717, 1.165) is 22.8 Å². The molecule has 6 heteroatoms. The van der Waals surface area contributed by atoms with Crippen LogP contribution in [0.15, 0.2) is 23.3 Å². The third kappa shape index (κ3) is 1.61. The van der Waals surface area contributed by atoms with Gasteiger partial charge in [0.25, 0.3) is 5.91 Å². The highest BCUT2D eigenvalue weighted by Gasteiger charge is 2.27. The van der Waals surface area contributed by atoms with Crippen molar-refractivity contribution >= 4 is 28.9 Å². The lowest BCUT2D eigenvalue weighted by Gasteiger charge is -2.11. The van der Waals surface area contributed by atoms with E-state index in [0.29, 0.717) is 24.1 Å². The Labute approximate surface area is 115 Å². The predicted molar refractivity (Wildman–Crippen MR) is 75.7 cm³/mol. The summed E-state index contributed by atoms with van der Waals surface area (Å²) in [6.45, 7) is 0. The molecule has 2 aromatic rings. The second kappa shape index (κ2) is 4.48. The van der Waals surface area contributed by atoms with Gasteiger partial charge >= 0.3 is 0 Å². The third-order valence-electron chi connectivity index (χ3n) is 3.71. The fourth-order valence-corrected chi connectivity index (χ4v) is 2.88. The van der Waals surface area contributed by atoms with E-state index < -0.39 is 0 Å². The van der Waals surface area contributed by atoms with Crippen molar-refractivity contribution in [1.29, 1.82) is 0 Å². The van der Waals surface area contributed by atoms with Gasteiger partial charge in [0.15, 0.2) is 5.78 Å². The summed E-state index contributed by atoms with van der Waals surface area (Å²) in [5, 5.41) is 6.67. The monoisotopic (exact) mass is 270 g/mol. The Hall–Kier alpha value is -2.63. The smallest absolute Gasteiger partial charge is 0.273 e. The van der Waals surface area contributed by atoms with Crippen molar-refractivity contribution in [1.82, 2.24) is 9.88 Å². The summed E-state index contributed by atoms with van der Waals surface area (Å²) in [7, 11) is 1.82. The van der Waals surface area contributed by atoms with Gasteiger partial charge in [0.2, 0.25) is 0 Å². The van der Waals surface area contributed by atoms with Gasteiger partial charge < -0.3 is 15.7 Å². The number of hydrazone groups is 1. The summed E-state index contributed by atoms with van der Waals surface area (Å²) < 4.78 is 1.81. The van der Waals surface area contributed by atoms with Gasteiger partial charge in [-0.1, -0.05) is 12.1 Å². The maximum absolute atomic E-state index is 12.2. The topological polar surface area (TPSA) is 89.5 Å². The number of hydrogen-bond donors (Lipinski definition) is 2. The predicted octanol–water partition coefficient (Wildman–Crippen LogP) is 0.939. The molecule has 3 rings (SSSR count). The number of aromatic nitrogens is 1. The number of benzene rings is 1. The molecule has 0 fully saturated rings. The molecule has 0 aliphatic heterocycles. The van der Waals surface area contributed by atoms with Gasteiger partial charge in [0.1, 0.15) is 12.0 Å². The lowest BCUT2D eigenvalue weighted by molar-refractivity contribution is 0.0959. The quantitative estimate of drug-likeness (QED) is 0.368. The van der Waals surface area contributed by atoms with Crippen LogP contribution >= 0.6 is 0 Å². The molecule has 20 heavy (non-hydrogen) atoms. The van der Waals surface area contributed by atoms with Crippen molar-refractivity contribution in [3.05, 3.63) is 35.0 Å². The number of carbonyl (C=O) groups is 2. The molecule has 1 aromatic heterocycles. The number of hydrogen-bond acceptors (Lipinski definition) is 4. The third-order valence-corrected chi connectivity index (χ3v) is 3.71. The Morgan fingerprint density at radius 2 is 2.25 bits per heavy atom. The summed E-state index contributed by atoms with van der Waals surface area (Å²) in [5.74, 6) is 4.85. The van der Waals surface area contributed by atoms with E-state index >= 15 is 0 Å². The van der Waals surface area contributed by atoms with Crippen LogP contribution in [0.3, 0.4) is 0 Å². The molecule has 1 aliphatic rings. The van der Waals surface area contributed by atoms with Crippen LogP contribution in [0.25, 0.3) is 10.9 Å². The minimum atomic E-state index is -0.270. The van der Waals surface area contributed by atoms with E-state index in [2.05, 4.69) is 10.4 Å². The molecule has 1 aromatic carbocycles. The SMILES string of the molecule is Cn1c(C(=O)NC=NN)c2c3c(cccc31)C(=O)CC2. The molecule has 0 spiro atoms. The van der Waals surface area contributed by atoms with Crippen LogP contribution in [-0.4, -0.2) is 22.6 Å². The van der Waals surface area contributed by atoms with Crippen molar-refractivity contribution in [3.63, 3.8) is 0 Å². The number of nitrogens with one attached hydrogen (secondary N) is 1. The molecular formula is C14H14N4O2. The van der Waals surface area contributed by atoms with Gasteiger partial charge in [-0.25, -0.2) is 0 Å². The molecule has 1 heterocycles. The Balaban J connectivity index is 2.27. The highest BCUT2D eigenvalue weighted by atomic mass is 16.2. The van der Waals surface area contributed by atoms with Crippen LogP contribution in [0.2, 0.25) is 0 Å². The molecule has 102 valence electrons. The minimum absolute atomic E-state index is 0.129. The number of aryl methyl sites for hydroxylation is 2. The summed E-state index contributed by atoms with van der Waals surface area (Å²) >= 11 is 0. The Morgan fingerprint density at radius 3 is 3.00 bits per heavy atom. The number of nitrogens with zero attached hydrogens (tertiary/aromatic N) is 2. The van der Waals surface area contributed by atoms with Gasteiger partial charge in [-0.2, -0.15) is 5.10 Å². The van der Waals surface area contributed by atoms with E-state index in [-0.39, 0.29) is 11.7 Å². The van der Waals surface area contributed by atoms with Crippen molar-refractivity contribution in [3.8, 4) is 0 Å². The summed E-state index contributed by atoms with van der Waals surface area (Å²) in [4.78, 5) is 24.2. The van der Waals surface area contributed by atoms with Gasteiger partial charge in [0.05, 0.1) is 0 Å². The van der Waals surface area contributed by atoms with Gasteiger partial charge in [-0.15, -0.1) is 0 Å². The van der Waals surface area contributed by atoms with Crippen LogP contribution in [0.5, 0.6) is 0 Å². The standard InChI is InChI=1S/C14H14N4O2/c1-18-10-4-2-3-8-11(19)6-5-9(12(8)10)13(18)14(20)16-7-17-15/h2-4,7H,5-6,15H2,1H3,(H,16,17,20). The molecule has 0 unspecified atom stereocenters. The highest BCUT2D eigenvalue weighted by Crippen LogP contribution is 2.33. The van der Waals surface area contributed by atoms with Crippen LogP contribution in [0.1, 0.15) is 32.8 Å². The van der Waals surface area contributed by atoms with Gasteiger partial charge in [-0.05, 0) is 18.1 Å². The van der Waals surface area contributed by atoms with Crippen molar-refractivity contribution < 1.29 is 9.59 Å². The largest absolute Gasteiger partial charge is 0.339 e. The Kier molecular flexibility index (Phi) is 2.78. The zero-order valence-corrected chi connectivity index (χ0v) is 11.0. The number of ketones is 1. The first-order valence-electron chi connectivity index (χ1n) is 6.31. The Bertz CT molecular complexity index is 758. The second-order valence-corrected chi connectivity index (χ2v) is 4.76. The van der Waals surface area contributed by atoms with Gasteiger partial charge in [0, 0.05) is 29.9 Å². The van der Waals surface area contributed by atoms with E-state index in [1.165, 1.54) is 0 Å². The van der Waals surface area contributed by atoms with Crippen molar-refractivity contribution in [2.24, 2.45) is 18.0 Å². The van der Waals surface area contributed by atoms with Gasteiger partial charge in [-0.3, -0.25) is 9.59 Å². The average Bonchev–Trinajstić information content (AvgIpc) is 2.75. The maximum atomic E-state index is 12.2. The highest BCUT2D eigenvalue weighted by molar-refractivity contribution is 6.15. The van der Waals surface area contributed by atoms with E-state index in [4.69, 9.17) is 5.84 Å². The molecule has 3 N–H and O–H groups in total. The zero-order valence-electron chi connectivity index (χ0n) is 11.0. The number of amides is 1. The number of Topliss-reactive ketones (excluding diaryl/α,β-unsaturated/α-hetero) is 1. The van der Waals surface area contributed by atoms with Crippen LogP contribution in [0.4, 0.5) is 0 Å². The average molecular weight is 270 g/mol. The normalized spacial score (nSPS) is 14.2. The molecule has 0 radical (unpaired) electrons. The molecule has 0 saturated heterocycles. The molecule has 6 nitrogen and oxygen atoms in total. The molecule has 0 saturated carbocycles. The fourth-order valence-electron chi connectivity index (χ4n) is 2.88. The first-order valence-corrected chi connectivity index (χ1v) is 6.31. The van der Waals surface area contributed by atoms with Crippen molar-refractivity contribution in [2.75, 3.05) is 0 Å². The van der Waals surface area contributed by atoms with Crippen LogP contribution < -0.4 is 11.2 Å². The summed E-state index contributed by atoms with van der Waals surface area (Å²) in [5.41, 5.74) is 3.06. The number of nitrogens with two attached hydrogens (primary N) is 1. The maximum Gasteiger partial charge on any atom is 0.273 e. The van der Waals surface area contributed by atoms with Crippen molar-refractivity contribution in [2.45, 2.75) is 12.8 Å². The number of carbonyl (C=O) groups excluding carboxylic acids is 2. The first-order chi connectivity index (χ1) is 9.65. The molecular weight excluding hydrogens is 256 g/mol. The summed E-state index contributed by atoms with van der Waals surface area (Å²) in [6, 6.07) is 5.57. The molecule has 0 atom stereocenters. The van der Waals surface area contributed by atoms with Crippen LogP contribution in [-0.2, 0) is 13.5 Å². The fraction of sp³-hybridized carbons (Fsp3) is 0.214. The lowest BCUT2D eigenvalue weighted by Crippen LogP contribution is -2.26. The first kappa shape index (κ1) is 12.4. The molecule has 0 bridgehead atoms. The second-order valence-electron chi connectivity index (χ2n) is 4.76. The van der Waals surface area contributed by atoms with E-state index in [9.17, 15) is 9.59 Å². The minimum Gasteiger partial charge on any atom is -0.339 e. The van der Waals surface area contributed by atoms with E-state index in [1.807, 2.05) is 29.8 Å². The molecule has 1 aliphatic carbocycles. The zero-order chi connectivity index (χ0) is 14.3. The lowest BCUT2D eigenvalue weighted by atomic mass is 9.90. The number of rotatable bonds is 2. The van der Waals surface area contributed by atoms with Crippen LogP contribution in [0, 0.1) is 0 Å².